The van der Waals surface area contributed by atoms with Crippen LogP contribution in [0, 0.1) is 0 Å². The van der Waals surface area contributed by atoms with Gasteiger partial charge in [-0.25, -0.2) is 9.48 Å². The molecule has 1 heterocycles. The summed E-state index contributed by atoms with van der Waals surface area (Å²) in [7, 11) is 0. The predicted molar refractivity (Wildman–Crippen MR) is 107 cm³/mol. The van der Waals surface area contributed by atoms with Gasteiger partial charge >= 0.3 is 5.97 Å². The third-order valence-corrected chi connectivity index (χ3v) is 4.51. The van der Waals surface area contributed by atoms with Crippen LogP contribution in [0.3, 0.4) is 0 Å². The normalized spacial score (nSPS) is 11.6. The fourth-order valence-corrected chi connectivity index (χ4v) is 2.88. The number of aromatic nitrogens is 2. The molecular formula is C20H16BrN3O4. The van der Waals surface area contributed by atoms with E-state index >= 15 is 0 Å². The molecule has 1 amide bonds. The van der Waals surface area contributed by atoms with Crippen molar-refractivity contribution >= 4 is 27.8 Å². The van der Waals surface area contributed by atoms with Crippen molar-refractivity contribution in [1.82, 2.24) is 15.1 Å². The number of hydrogen-bond donors (Lipinski definition) is 2. The Morgan fingerprint density at radius 3 is 2.36 bits per heavy atom. The van der Waals surface area contributed by atoms with Crippen LogP contribution in [0.4, 0.5) is 0 Å². The van der Waals surface area contributed by atoms with Gasteiger partial charge in [0, 0.05) is 16.1 Å². The Balaban J connectivity index is 1.79. The molecule has 0 fully saturated rings. The minimum atomic E-state index is -1.21. The molecule has 0 spiro atoms. The molecule has 7 nitrogen and oxygen atoms in total. The Kier molecular flexibility index (Phi) is 6.00. The van der Waals surface area contributed by atoms with Gasteiger partial charge in [-0.05, 0) is 23.8 Å². The van der Waals surface area contributed by atoms with Crippen LogP contribution in [0.1, 0.15) is 11.6 Å². The lowest BCUT2D eigenvalue weighted by Gasteiger charge is -2.15. The Bertz CT molecular complexity index is 1050. The van der Waals surface area contributed by atoms with Gasteiger partial charge in [-0.15, -0.1) is 0 Å². The van der Waals surface area contributed by atoms with Gasteiger partial charge in [0.15, 0.2) is 6.04 Å². The van der Waals surface area contributed by atoms with Crippen LogP contribution >= 0.6 is 15.9 Å². The molecule has 0 aliphatic rings. The highest BCUT2D eigenvalue weighted by atomic mass is 79.9. The van der Waals surface area contributed by atoms with Gasteiger partial charge in [-0.1, -0.05) is 58.4 Å². The minimum absolute atomic E-state index is 0.389. The number of aliphatic carboxylic acids is 1. The Hall–Kier alpha value is -3.26. The van der Waals surface area contributed by atoms with Gasteiger partial charge in [-0.2, -0.15) is 5.10 Å². The quantitative estimate of drug-likeness (QED) is 0.611. The SMILES string of the molecule is O=C(Cn1nc(-c2ccc(Br)cc2)ccc1=O)NC(C(=O)O)c1ccccc1. The Labute approximate surface area is 168 Å². The average Bonchev–Trinajstić information content (AvgIpc) is 2.69. The molecule has 1 atom stereocenters. The molecule has 2 N–H and O–H groups in total. The number of benzene rings is 2. The zero-order valence-corrected chi connectivity index (χ0v) is 16.2. The summed E-state index contributed by atoms with van der Waals surface area (Å²) in [6.07, 6.45) is 0. The van der Waals surface area contributed by atoms with E-state index in [9.17, 15) is 19.5 Å². The smallest absolute Gasteiger partial charge is 0.330 e. The molecule has 142 valence electrons. The summed E-state index contributed by atoms with van der Waals surface area (Å²) in [5.74, 6) is -1.82. The maximum absolute atomic E-state index is 12.4. The zero-order valence-electron chi connectivity index (χ0n) is 14.6. The van der Waals surface area contributed by atoms with Crippen molar-refractivity contribution in [2.45, 2.75) is 12.6 Å². The number of nitrogens with zero attached hydrogens (tertiary/aromatic N) is 2. The number of carboxylic acid groups (broad SMARTS) is 1. The van der Waals surface area contributed by atoms with Crippen LogP contribution < -0.4 is 10.9 Å². The summed E-state index contributed by atoms with van der Waals surface area (Å²) in [6.45, 7) is -0.389. The van der Waals surface area contributed by atoms with Gasteiger partial charge < -0.3 is 10.4 Å². The van der Waals surface area contributed by atoms with Crippen LogP contribution in [-0.4, -0.2) is 26.8 Å². The van der Waals surface area contributed by atoms with E-state index in [1.54, 1.807) is 36.4 Å². The highest BCUT2D eigenvalue weighted by Crippen LogP contribution is 2.19. The number of hydrogen-bond acceptors (Lipinski definition) is 4. The molecule has 0 aliphatic heterocycles. The number of carbonyl (C=O) groups excluding carboxylic acids is 1. The van der Waals surface area contributed by atoms with E-state index in [2.05, 4.69) is 26.3 Å². The van der Waals surface area contributed by atoms with Gasteiger partial charge in [0.05, 0.1) is 5.69 Å². The molecule has 0 saturated carbocycles. The molecule has 0 radical (unpaired) electrons. The molecule has 0 saturated heterocycles. The van der Waals surface area contributed by atoms with E-state index in [1.807, 2.05) is 24.3 Å². The van der Waals surface area contributed by atoms with E-state index in [1.165, 1.54) is 6.07 Å². The van der Waals surface area contributed by atoms with E-state index in [0.717, 1.165) is 14.7 Å². The van der Waals surface area contributed by atoms with Crippen LogP contribution in [0.15, 0.2) is 76.0 Å². The van der Waals surface area contributed by atoms with E-state index in [4.69, 9.17) is 0 Å². The zero-order chi connectivity index (χ0) is 20.1. The third kappa shape index (κ3) is 4.72. The van der Waals surface area contributed by atoms with E-state index < -0.39 is 23.5 Å². The first-order chi connectivity index (χ1) is 13.4. The van der Waals surface area contributed by atoms with Crippen molar-refractivity contribution in [3.05, 3.63) is 87.1 Å². The molecule has 1 aromatic heterocycles. The van der Waals surface area contributed by atoms with Gasteiger partial charge in [0.2, 0.25) is 5.91 Å². The molecular weight excluding hydrogens is 426 g/mol. The van der Waals surface area contributed by atoms with Crippen molar-refractivity contribution in [3.8, 4) is 11.3 Å². The Morgan fingerprint density at radius 1 is 1.04 bits per heavy atom. The summed E-state index contributed by atoms with van der Waals surface area (Å²) >= 11 is 3.35. The second-order valence-corrected chi connectivity index (χ2v) is 6.89. The maximum Gasteiger partial charge on any atom is 0.330 e. The van der Waals surface area contributed by atoms with Gasteiger partial charge in [0.1, 0.15) is 6.54 Å². The molecule has 0 aliphatic carbocycles. The van der Waals surface area contributed by atoms with Gasteiger partial charge in [0.25, 0.3) is 5.56 Å². The first kappa shape index (κ1) is 19.5. The molecule has 1 unspecified atom stereocenters. The molecule has 0 bridgehead atoms. The van der Waals surface area contributed by atoms with Crippen LogP contribution in [0.5, 0.6) is 0 Å². The van der Waals surface area contributed by atoms with E-state index in [-0.39, 0.29) is 6.54 Å². The maximum atomic E-state index is 12.4. The number of carbonyl (C=O) groups is 2. The molecule has 3 rings (SSSR count). The van der Waals surface area contributed by atoms with Crippen molar-refractivity contribution < 1.29 is 14.7 Å². The van der Waals surface area contributed by atoms with Crippen LogP contribution in [0.25, 0.3) is 11.3 Å². The standard InChI is InChI=1S/C20H16BrN3O4/c21-15-8-6-13(7-9-15)16-10-11-18(26)24(23-16)12-17(25)22-19(20(27)28)14-4-2-1-3-5-14/h1-11,19H,12H2,(H,22,25)(H,27,28). The molecule has 8 heteroatoms. The van der Waals surface area contributed by atoms with Crippen molar-refractivity contribution in [2.75, 3.05) is 0 Å². The number of rotatable bonds is 6. The predicted octanol–water partition coefficient (Wildman–Crippen LogP) is 2.61. The lowest BCUT2D eigenvalue weighted by Crippen LogP contribution is -2.38. The monoisotopic (exact) mass is 441 g/mol. The van der Waals surface area contributed by atoms with Crippen LogP contribution in [0.2, 0.25) is 0 Å². The summed E-state index contributed by atoms with van der Waals surface area (Å²) in [4.78, 5) is 36.0. The largest absolute Gasteiger partial charge is 0.479 e. The highest BCUT2D eigenvalue weighted by molar-refractivity contribution is 9.10. The van der Waals surface area contributed by atoms with E-state index in [0.29, 0.717) is 11.3 Å². The second-order valence-electron chi connectivity index (χ2n) is 5.97. The topological polar surface area (TPSA) is 101 Å². The summed E-state index contributed by atoms with van der Waals surface area (Å²) in [6, 6.07) is 17.4. The van der Waals surface area contributed by atoms with Crippen LogP contribution in [-0.2, 0) is 16.1 Å². The highest BCUT2D eigenvalue weighted by Gasteiger charge is 2.22. The van der Waals surface area contributed by atoms with Crippen molar-refractivity contribution in [2.24, 2.45) is 0 Å². The number of halogens is 1. The van der Waals surface area contributed by atoms with Gasteiger partial charge in [-0.3, -0.25) is 9.59 Å². The lowest BCUT2D eigenvalue weighted by atomic mass is 10.1. The molecule has 28 heavy (non-hydrogen) atoms. The minimum Gasteiger partial charge on any atom is -0.479 e. The molecule has 3 aromatic rings. The first-order valence-corrected chi connectivity index (χ1v) is 9.14. The summed E-state index contributed by atoms with van der Waals surface area (Å²) in [5.41, 5.74) is 1.29. The fourth-order valence-electron chi connectivity index (χ4n) is 2.61. The van der Waals surface area contributed by atoms with Crippen molar-refractivity contribution in [1.29, 1.82) is 0 Å². The fraction of sp³-hybridized carbons (Fsp3) is 0.100. The number of nitrogens with one attached hydrogen (secondary N) is 1. The molecule has 2 aromatic carbocycles. The summed E-state index contributed by atoms with van der Waals surface area (Å²) < 4.78 is 1.92. The van der Waals surface area contributed by atoms with Crippen molar-refractivity contribution in [3.63, 3.8) is 0 Å². The number of carboxylic acids is 1. The average molecular weight is 442 g/mol. The Morgan fingerprint density at radius 2 is 1.71 bits per heavy atom. The first-order valence-electron chi connectivity index (χ1n) is 8.35. The summed E-state index contributed by atoms with van der Waals surface area (Å²) in [5, 5.41) is 16.1. The lowest BCUT2D eigenvalue weighted by molar-refractivity contribution is -0.142. The third-order valence-electron chi connectivity index (χ3n) is 3.99. The second kappa shape index (κ2) is 8.62. The number of amides is 1.